The molecule has 1 fully saturated rings. The normalized spacial score (nSPS) is 14.8. The number of halogens is 1. The van der Waals surface area contributed by atoms with Gasteiger partial charge in [0.05, 0.1) is 6.42 Å². The van der Waals surface area contributed by atoms with Crippen LogP contribution in [0.15, 0.2) is 42.5 Å². The van der Waals surface area contributed by atoms with Crippen molar-refractivity contribution >= 4 is 11.8 Å². The number of nitrogens with zero attached hydrogens (tertiary/aromatic N) is 2. The third-order valence-electron chi connectivity index (χ3n) is 5.07. The Morgan fingerprint density at radius 1 is 0.926 bits per heavy atom. The van der Waals surface area contributed by atoms with E-state index in [1.54, 1.807) is 4.90 Å². The molecule has 0 spiro atoms. The van der Waals surface area contributed by atoms with Gasteiger partial charge in [0.1, 0.15) is 5.82 Å². The first-order valence-electron chi connectivity index (χ1n) is 9.33. The van der Waals surface area contributed by atoms with Crippen molar-refractivity contribution in [3.05, 3.63) is 70.5 Å². The number of benzene rings is 2. The van der Waals surface area contributed by atoms with Crippen LogP contribution in [0.4, 0.5) is 4.39 Å². The maximum absolute atomic E-state index is 13.1. The van der Waals surface area contributed by atoms with Crippen molar-refractivity contribution in [1.82, 2.24) is 9.80 Å². The van der Waals surface area contributed by atoms with Crippen LogP contribution in [0.5, 0.6) is 0 Å². The van der Waals surface area contributed by atoms with Crippen molar-refractivity contribution in [2.75, 3.05) is 26.2 Å². The van der Waals surface area contributed by atoms with Crippen LogP contribution in [0.2, 0.25) is 0 Å². The van der Waals surface area contributed by atoms with Crippen molar-refractivity contribution in [2.45, 2.75) is 26.7 Å². The Labute approximate surface area is 159 Å². The molecule has 0 aromatic heterocycles. The summed E-state index contributed by atoms with van der Waals surface area (Å²) in [5, 5.41) is 0. The molecule has 142 valence electrons. The lowest BCUT2D eigenvalue weighted by Crippen LogP contribution is -2.38. The minimum absolute atomic E-state index is 0.0970. The monoisotopic (exact) mass is 368 g/mol. The fraction of sp³-hybridized carbons (Fsp3) is 0.364. The van der Waals surface area contributed by atoms with Crippen LogP contribution in [0.25, 0.3) is 0 Å². The summed E-state index contributed by atoms with van der Waals surface area (Å²) in [6, 6.07) is 11.8. The SMILES string of the molecule is Cc1ccc(C)c(CC(=O)N2CCCN(C(=O)c3ccc(F)cc3)CC2)c1. The van der Waals surface area contributed by atoms with E-state index < -0.39 is 0 Å². The highest BCUT2D eigenvalue weighted by Crippen LogP contribution is 2.15. The van der Waals surface area contributed by atoms with Gasteiger partial charge in [-0.2, -0.15) is 0 Å². The molecule has 2 amide bonds. The van der Waals surface area contributed by atoms with Gasteiger partial charge in [-0.1, -0.05) is 23.8 Å². The molecule has 1 aliphatic heterocycles. The van der Waals surface area contributed by atoms with Gasteiger partial charge in [-0.25, -0.2) is 4.39 Å². The number of carbonyl (C=O) groups excluding carboxylic acids is 2. The molecule has 2 aromatic rings. The number of amides is 2. The van der Waals surface area contributed by atoms with E-state index in [4.69, 9.17) is 0 Å². The summed E-state index contributed by atoms with van der Waals surface area (Å²) in [6.45, 7) is 6.32. The molecule has 3 rings (SSSR count). The van der Waals surface area contributed by atoms with Crippen LogP contribution in [-0.4, -0.2) is 47.8 Å². The van der Waals surface area contributed by atoms with Gasteiger partial charge in [0, 0.05) is 31.7 Å². The average Bonchev–Trinajstić information content (AvgIpc) is 2.91. The van der Waals surface area contributed by atoms with Crippen molar-refractivity contribution in [3.8, 4) is 0 Å². The van der Waals surface area contributed by atoms with E-state index in [-0.39, 0.29) is 17.6 Å². The summed E-state index contributed by atoms with van der Waals surface area (Å²) in [5.74, 6) is -0.371. The zero-order valence-corrected chi connectivity index (χ0v) is 15.9. The summed E-state index contributed by atoms with van der Waals surface area (Å²) in [4.78, 5) is 29.0. The second-order valence-electron chi connectivity index (χ2n) is 7.14. The van der Waals surface area contributed by atoms with Crippen LogP contribution >= 0.6 is 0 Å². The first kappa shape index (κ1) is 19.1. The van der Waals surface area contributed by atoms with Crippen LogP contribution in [-0.2, 0) is 11.2 Å². The Balaban J connectivity index is 1.62. The van der Waals surface area contributed by atoms with E-state index in [0.717, 1.165) is 23.1 Å². The fourth-order valence-corrected chi connectivity index (χ4v) is 3.41. The number of carbonyl (C=O) groups is 2. The second-order valence-corrected chi connectivity index (χ2v) is 7.14. The van der Waals surface area contributed by atoms with E-state index in [0.29, 0.717) is 38.2 Å². The highest BCUT2D eigenvalue weighted by Gasteiger charge is 2.23. The molecule has 2 aromatic carbocycles. The number of rotatable bonds is 3. The molecule has 0 N–H and O–H groups in total. The summed E-state index contributed by atoms with van der Waals surface area (Å²) in [5.41, 5.74) is 3.81. The Bertz CT molecular complexity index is 833. The lowest BCUT2D eigenvalue weighted by molar-refractivity contribution is -0.130. The van der Waals surface area contributed by atoms with Gasteiger partial charge in [0.25, 0.3) is 5.91 Å². The van der Waals surface area contributed by atoms with E-state index in [9.17, 15) is 14.0 Å². The first-order valence-corrected chi connectivity index (χ1v) is 9.33. The molecule has 0 atom stereocenters. The van der Waals surface area contributed by atoms with Crippen LogP contribution in [0.1, 0.15) is 33.5 Å². The van der Waals surface area contributed by atoms with Gasteiger partial charge >= 0.3 is 0 Å². The molecule has 1 aliphatic rings. The Hall–Kier alpha value is -2.69. The third kappa shape index (κ3) is 4.73. The van der Waals surface area contributed by atoms with Crippen molar-refractivity contribution in [2.24, 2.45) is 0 Å². The standard InChI is InChI=1S/C22H25FN2O2/c1-16-4-5-17(2)19(14-16)15-21(26)24-10-3-11-25(13-12-24)22(27)18-6-8-20(23)9-7-18/h4-9,14H,3,10-13,15H2,1-2H3. The Morgan fingerprint density at radius 3 is 2.33 bits per heavy atom. The highest BCUT2D eigenvalue weighted by atomic mass is 19.1. The maximum atomic E-state index is 13.1. The summed E-state index contributed by atoms with van der Waals surface area (Å²) in [7, 11) is 0. The van der Waals surface area contributed by atoms with E-state index in [1.807, 2.05) is 30.9 Å². The molecule has 5 heteroatoms. The van der Waals surface area contributed by atoms with Gasteiger partial charge < -0.3 is 9.80 Å². The van der Waals surface area contributed by atoms with Crippen LogP contribution < -0.4 is 0 Å². The molecule has 4 nitrogen and oxygen atoms in total. The number of hydrogen-bond acceptors (Lipinski definition) is 2. The molecule has 1 saturated heterocycles. The lowest BCUT2D eigenvalue weighted by atomic mass is 10.0. The predicted octanol–water partition coefficient (Wildman–Crippen LogP) is 3.36. The molecular formula is C22H25FN2O2. The molecule has 0 unspecified atom stereocenters. The minimum atomic E-state index is -0.356. The largest absolute Gasteiger partial charge is 0.341 e. The molecule has 0 saturated carbocycles. The molecule has 0 radical (unpaired) electrons. The summed E-state index contributed by atoms with van der Waals surface area (Å²) in [6.07, 6.45) is 1.13. The quantitative estimate of drug-likeness (QED) is 0.834. The van der Waals surface area contributed by atoms with E-state index in [2.05, 4.69) is 6.07 Å². The van der Waals surface area contributed by atoms with Crippen LogP contribution in [0, 0.1) is 19.7 Å². The maximum Gasteiger partial charge on any atom is 0.253 e. The highest BCUT2D eigenvalue weighted by molar-refractivity contribution is 5.94. The molecule has 0 aliphatic carbocycles. The van der Waals surface area contributed by atoms with Gasteiger partial charge in [0.15, 0.2) is 0 Å². The summed E-state index contributed by atoms with van der Waals surface area (Å²) >= 11 is 0. The first-order chi connectivity index (χ1) is 12.9. The minimum Gasteiger partial charge on any atom is -0.341 e. The van der Waals surface area contributed by atoms with Crippen molar-refractivity contribution < 1.29 is 14.0 Å². The summed E-state index contributed by atoms with van der Waals surface area (Å²) < 4.78 is 13.1. The predicted molar refractivity (Wildman–Crippen MR) is 103 cm³/mol. The van der Waals surface area contributed by atoms with E-state index >= 15 is 0 Å². The third-order valence-corrected chi connectivity index (χ3v) is 5.07. The number of aryl methyl sites for hydroxylation is 2. The van der Waals surface area contributed by atoms with Gasteiger partial charge in [-0.3, -0.25) is 9.59 Å². The molecule has 1 heterocycles. The zero-order chi connectivity index (χ0) is 19.4. The topological polar surface area (TPSA) is 40.6 Å². The van der Waals surface area contributed by atoms with Crippen molar-refractivity contribution in [3.63, 3.8) is 0 Å². The second kappa shape index (κ2) is 8.33. The molecule has 0 bridgehead atoms. The molecular weight excluding hydrogens is 343 g/mol. The van der Waals surface area contributed by atoms with Crippen LogP contribution in [0.3, 0.4) is 0 Å². The molecule has 27 heavy (non-hydrogen) atoms. The van der Waals surface area contributed by atoms with Crippen molar-refractivity contribution in [1.29, 1.82) is 0 Å². The van der Waals surface area contributed by atoms with Gasteiger partial charge in [-0.15, -0.1) is 0 Å². The zero-order valence-electron chi connectivity index (χ0n) is 15.9. The Morgan fingerprint density at radius 2 is 1.59 bits per heavy atom. The smallest absolute Gasteiger partial charge is 0.253 e. The van der Waals surface area contributed by atoms with Gasteiger partial charge in [-0.05, 0) is 55.7 Å². The van der Waals surface area contributed by atoms with E-state index in [1.165, 1.54) is 24.3 Å². The fourth-order valence-electron chi connectivity index (χ4n) is 3.41. The Kier molecular flexibility index (Phi) is 5.89. The lowest BCUT2D eigenvalue weighted by Gasteiger charge is -2.22. The number of hydrogen-bond donors (Lipinski definition) is 0. The average molecular weight is 368 g/mol. The van der Waals surface area contributed by atoms with Gasteiger partial charge in [0.2, 0.25) is 5.91 Å².